The average Bonchev–Trinajstić information content (AvgIpc) is 2.80. The molecule has 0 radical (unpaired) electrons. The van der Waals surface area contributed by atoms with Gasteiger partial charge in [0, 0.05) is 6.54 Å². The molecule has 5 nitrogen and oxygen atoms in total. The van der Waals surface area contributed by atoms with Crippen LogP contribution in [0.1, 0.15) is 17.0 Å². The summed E-state index contributed by atoms with van der Waals surface area (Å²) in [5.74, 6) is -0.467. The third-order valence-electron chi connectivity index (χ3n) is 3.16. The van der Waals surface area contributed by atoms with Crippen LogP contribution in [0.15, 0.2) is 42.1 Å². The fourth-order valence-electron chi connectivity index (χ4n) is 2.12. The summed E-state index contributed by atoms with van der Waals surface area (Å²) in [4.78, 5) is 0. The molecule has 0 bridgehead atoms. The van der Waals surface area contributed by atoms with Crippen LogP contribution in [0.25, 0.3) is 0 Å². The molecule has 23 heavy (non-hydrogen) atoms. The number of halogens is 3. The van der Waals surface area contributed by atoms with Gasteiger partial charge in [0.15, 0.2) is 0 Å². The van der Waals surface area contributed by atoms with Crippen LogP contribution in [-0.2, 0) is 28.3 Å². The average molecular weight is 345 g/mol. The van der Waals surface area contributed by atoms with Crippen molar-refractivity contribution in [2.75, 3.05) is 0 Å². The Hall–Kier alpha value is -2.16. The molecule has 0 N–H and O–H groups in total. The maximum absolute atomic E-state index is 13.0. The molecule has 2 aromatic rings. The number of hydrogen-bond acceptors (Lipinski definition) is 4. The first kappa shape index (κ1) is 17.2. The van der Waals surface area contributed by atoms with Crippen molar-refractivity contribution in [2.45, 2.75) is 30.6 Å². The van der Waals surface area contributed by atoms with Gasteiger partial charge in [-0.05, 0) is 18.6 Å². The predicted molar refractivity (Wildman–Crippen MR) is 77.3 cm³/mol. The summed E-state index contributed by atoms with van der Waals surface area (Å²) >= 11 is 0. The number of rotatable bonds is 5. The van der Waals surface area contributed by atoms with Gasteiger partial charge in [-0.1, -0.05) is 24.3 Å². The van der Waals surface area contributed by atoms with Gasteiger partial charge in [-0.3, -0.25) is 4.57 Å². The van der Waals surface area contributed by atoms with Crippen molar-refractivity contribution in [1.29, 1.82) is 0 Å². The standard InChI is InChI=1S/C14H14F3N3O2S/c1-3-8-20-10(2)18-19-13(20)23(21,22)9-11-6-4-5-7-12(11)14(15,16)17/h3-7H,1,8-9H2,2H3. The number of hydrogen-bond donors (Lipinski definition) is 0. The Morgan fingerprint density at radius 2 is 1.91 bits per heavy atom. The van der Waals surface area contributed by atoms with Crippen molar-refractivity contribution in [3.63, 3.8) is 0 Å². The zero-order chi connectivity index (χ0) is 17.3. The van der Waals surface area contributed by atoms with Crippen LogP contribution in [0.3, 0.4) is 0 Å². The van der Waals surface area contributed by atoms with Crippen molar-refractivity contribution in [1.82, 2.24) is 14.8 Å². The Bertz CT molecular complexity index is 826. The third kappa shape index (κ3) is 3.61. The summed E-state index contributed by atoms with van der Waals surface area (Å²) in [5, 5.41) is 6.90. The van der Waals surface area contributed by atoms with E-state index in [1.807, 2.05) is 0 Å². The first-order valence-corrected chi connectivity index (χ1v) is 8.20. The fraction of sp³-hybridized carbons (Fsp3) is 0.286. The lowest BCUT2D eigenvalue weighted by molar-refractivity contribution is -0.138. The van der Waals surface area contributed by atoms with Gasteiger partial charge in [-0.2, -0.15) is 13.2 Å². The number of aromatic nitrogens is 3. The highest BCUT2D eigenvalue weighted by Gasteiger charge is 2.35. The number of benzene rings is 1. The summed E-state index contributed by atoms with van der Waals surface area (Å²) in [5.41, 5.74) is -1.30. The second kappa shape index (κ2) is 6.15. The van der Waals surface area contributed by atoms with E-state index in [4.69, 9.17) is 0 Å². The molecule has 0 amide bonds. The highest BCUT2D eigenvalue weighted by molar-refractivity contribution is 7.90. The van der Waals surface area contributed by atoms with Crippen LogP contribution < -0.4 is 0 Å². The van der Waals surface area contributed by atoms with E-state index in [1.165, 1.54) is 22.8 Å². The lowest BCUT2D eigenvalue weighted by Gasteiger charge is -2.13. The van der Waals surface area contributed by atoms with Crippen LogP contribution in [0, 0.1) is 6.92 Å². The van der Waals surface area contributed by atoms with Crippen LogP contribution in [0.4, 0.5) is 13.2 Å². The molecule has 1 aromatic carbocycles. The highest BCUT2D eigenvalue weighted by Crippen LogP contribution is 2.33. The van der Waals surface area contributed by atoms with Crippen molar-refractivity contribution in [2.24, 2.45) is 0 Å². The van der Waals surface area contributed by atoms with Crippen molar-refractivity contribution < 1.29 is 21.6 Å². The lowest BCUT2D eigenvalue weighted by atomic mass is 10.1. The minimum atomic E-state index is -4.63. The summed E-state index contributed by atoms with van der Waals surface area (Å²) in [6.07, 6.45) is -3.17. The van der Waals surface area contributed by atoms with Gasteiger partial charge in [-0.25, -0.2) is 8.42 Å². The maximum Gasteiger partial charge on any atom is 0.416 e. The van der Waals surface area contributed by atoms with E-state index in [1.54, 1.807) is 6.92 Å². The van der Waals surface area contributed by atoms with Gasteiger partial charge in [0.25, 0.3) is 0 Å². The SMILES string of the molecule is C=CCn1c(C)nnc1S(=O)(=O)Cc1ccccc1C(F)(F)F. The Morgan fingerprint density at radius 3 is 2.52 bits per heavy atom. The van der Waals surface area contributed by atoms with Crippen LogP contribution in [0.5, 0.6) is 0 Å². The molecular formula is C14H14F3N3O2S. The van der Waals surface area contributed by atoms with E-state index in [0.717, 1.165) is 12.1 Å². The van der Waals surface area contributed by atoms with E-state index < -0.39 is 27.3 Å². The Balaban J connectivity index is 2.47. The van der Waals surface area contributed by atoms with E-state index in [9.17, 15) is 21.6 Å². The quantitative estimate of drug-likeness (QED) is 0.782. The fourth-order valence-corrected chi connectivity index (χ4v) is 3.62. The molecule has 0 aliphatic carbocycles. The van der Waals surface area contributed by atoms with Crippen molar-refractivity contribution >= 4 is 9.84 Å². The number of allylic oxidation sites excluding steroid dienone is 1. The van der Waals surface area contributed by atoms with Gasteiger partial charge < -0.3 is 0 Å². The predicted octanol–water partition coefficient (Wildman–Crippen LogP) is 2.77. The molecule has 0 saturated carbocycles. The largest absolute Gasteiger partial charge is 0.416 e. The summed E-state index contributed by atoms with van der Waals surface area (Å²) in [6.45, 7) is 5.21. The summed E-state index contributed by atoms with van der Waals surface area (Å²) < 4.78 is 65.2. The number of nitrogens with zero attached hydrogens (tertiary/aromatic N) is 3. The van der Waals surface area contributed by atoms with Gasteiger partial charge in [0.05, 0.1) is 11.3 Å². The van der Waals surface area contributed by atoms with Gasteiger partial charge in [0.2, 0.25) is 15.0 Å². The first-order valence-electron chi connectivity index (χ1n) is 6.55. The molecule has 0 aliphatic rings. The molecule has 0 spiro atoms. The monoisotopic (exact) mass is 345 g/mol. The molecular weight excluding hydrogens is 331 g/mol. The highest BCUT2D eigenvalue weighted by atomic mass is 32.2. The summed E-state index contributed by atoms with van der Waals surface area (Å²) in [7, 11) is -4.09. The Kier molecular flexibility index (Phi) is 4.60. The van der Waals surface area contributed by atoms with Gasteiger partial charge >= 0.3 is 6.18 Å². The van der Waals surface area contributed by atoms with E-state index in [-0.39, 0.29) is 17.3 Å². The number of alkyl halides is 3. The van der Waals surface area contributed by atoms with E-state index in [2.05, 4.69) is 16.8 Å². The molecule has 124 valence electrons. The summed E-state index contributed by atoms with van der Waals surface area (Å²) in [6, 6.07) is 4.56. The first-order chi connectivity index (χ1) is 10.7. The van der Waals surface area contributed by atoms with Crippen molar-refractivity contribution in [3.05, 3.63) is 53.9 Å². The molecule has 0 unspecified atom stereocenters. The number of aryl methyl sites for hydroxylation is 1. The molecule has 0 atom stereocenters. The Labute approximate surface area is 131 Å². The molecule has 1 aromatic heterocycles. The van der Waals surface area contributed by atoms with E-state index in [0.29, 0.717) is 5.82 Å². The second-order valence-electron chi connectivity index (χ2n) is 4.84. The molecule has 1 heterocycles. The van der Waals surface area contributed by atoms with E-state index >= 15 is 0 Å². The molecule has 0 fully saturated rings. The minimum Gasteiger partial charge on any atom is -0.298 e. The molecule has 0 saturated heterocycles. The lowest BCUT2D eigenvalue weighted by Crippen LogP contribution is -2.16. The van der Waals surface area contributed by atoms with Crippen LogP contribution in [0.2, 0.25) is 0 Å². The van der Waals surface area contributed by atoms with Gasteiger partial charge in [-0.15, -0.1) is 16.8 Å². The minimum absolute atomic E-state index is 0.147. The zero-order valence-electron chi connectivity index (χ0n) is 12.2. The van der Waals surface area contributed by atoms with Crippen molar-refractivity contribution in [3.8, 4) is 0 Å². The van der Waals surface area contributed by atoms with Crippen LogP contribution >= 0.6 is 0 Å². The zero-order valence-corrected chi connectivity index (χ0v) is 13.0. The topological polar surface area (TPSA) is 64.8 Å². The second-order valence-corrected chi connectivity index (χ2v) is 6.73. The number of sulfone groups is 1. The smallest absolute Gasteiger partial charge is 0.298 e. The Morgan fingerprint density at radius 1 is 1.26 bits per heavy atom. The van der Waals surface area contributed by atoms with Gasteiger partial charge in [0.1, 0.15) is 5.82 Å². The molecule has 2 rings (SSSR count). The molecule has 9 heteroatoms. The third-order valence-corrected chi connectivity index (χ3v) is 4.71. The molecule has 0 aliphatic heterocycles. The normalized spacial score (nSPS) is 12.3. The maximum atomic E-state index is 13.0. The van der Waals surface area contributed by atoms with Crippen LogP contribution in [-0.4, -0.2) is 23.2 Å².